The molecule has 1 saturated heterocycles. The standard InChI is InChI=1S/C17H20N4O5S/c1-3-16-15(17(22)19(2)14-8-9-27(25,26)11-14)10-18-20(16)12-4-6-13(7-5-12)21(23)24/h4-7,10,14H,3,8-9,11H2,1-2H3/t14-/m1/s1. The highest BCUT2D eigenvalue weighted by atomic mass is 32.2. The molecule has 1 aliphatic rings. The molecule has 1 atom stereocenters. The van der Waals surface area contributed by atoms with Crippen LogP contribution in [0, 0.1) is 10.1 Å². The van der Waals surface area contributed by atoms with Crippen LogP contribution < -0.4 is 0 Å². The van der Waals surface area contributed by atoms with Gasteiger partial charge in [-0.2, -0.15) is 5.10 Å². The maximum Gasteiger partial charge on any atom is 0.269 e. The molecule has 1 aromatic heterocycles. The minimum absolute atomic E-state index is 0.0206. The van der Waals surface area contributed by atoms with E-state index in [9.17, 15) is 23.3 Å². The number of hydrogen-bond donors (Lipinski definition) is 0. The first-order valence-corrected chi connectivity index (χ1v) is 10.3. The first-order valence-electron chi connectivity index (χ1n) is 8.53. The van der Waals surface area contributed by atoms with E-state index in [4.69, 9.17) is 0 Å². The van der Waals surface area contributed by atoms with Gasteiger partial charge in [0.1, 0.15) is 0 Å². The fraction of sp³-hybridized carbons (Fsp3) is 0.412. The van der Waals surface area contributed by atoms with E-state index in [-0.39, 0.29) is 29.1 Å². The molecule has 1 fully saturated rings. The zero-order valence-electron chi connectivity index (χ0n) is 15.0. The zero-order chi connectivity index (χ0) is 19.8. The van der Waals surface area contributed by atoms with Crippen molar-refractivity contribution in [3.8, 4) is 5.69 Å². The molecule has 2 heterocycles. The van der Waals surface area contributed by atoms with Crippen molar-refractivity contribution in [2.24, 2.45) is 0 Å². The number of nitro groups is 1. The van der Waals surface area contributed by atoms with E-state index >= 15 is 0 Å². The summed E-state index contributed by atoms with van der Waals surface area (Å²) in [5, 5.41) is 15.1. The van der Waals surface area contributed by atoms with Crippen LogP contribution in [0.2, 0.25) is 0 Å². The molecular formula is C17H20N4O5S. The molecule has 144 valence electrons. The lowest BCUT2D eigenvalue weighted by atomic mass is 10.1. The van der Waals surface area contributed by atoms with Gasteiger partial charge >= 0.3 is 0 Å². The summed E-state index contributed by atoms with van der Waals surface area (Å²) in [6.07, 6.45) is 2.42. The van der Waals surface area contributed by atoms with Crippen molar-refractivity contribution in [2.75, 3.05) is 18.6 Å². The van der Waals surface area contributed by atoms with E-state index in [0.717, 1.165) is 0 Å². The van der Waals surface area contributed by atoms with Gasteiger partial charge in [-0.1, -0.05) is 6.92 Å². The third kappa shape index (κ3) is 3.70. The summed E-state index contributed by atoms with van der Waals surface area (Å²) in [4.78, 5) is 24.7. The van der Waals surface area contributed by atoms with E-state index in [1.165, 1.54) is 23.2 Å². The Hall–Kier alpha value is -2.75. The number of carbonyl (C=O) groups excluding carboxylic acids is 1. The van der Waals surface area contributed by atoms with Crippen LogP contribution in [0.3, 0.4) is 0 Å². The van der Waals surface area contributed by atoms with Crippen LogP contribution in [0.15, 0.2) is 30.5 Å². The molecular weight excluding hydrogens is 372 g/mol. The maximum atomic E-state index is 12.9. The lowest BCUT2D eigenvalue weighted by molar-refractivity contribution is -0.384. The minimum atomic E-state index is -3.09. The Morgan fingerprint density at radius 3 is 2.56 bits per heavy atom. The molecule has 27 heavy (non-hydrogen) atoms. The van der Waals surface area contributed by atoms with Gasteiger partial charge in [-0.3, -0.25) is 14.9 Å². The van der Waals surface area contributed by atoms with Crippen LogP contribution in [0.5, 0.6) is 0 Å². The third-order valence-electron chi connectivity index (χ3n) is 4.82. The highest BCUT2D eigenvalue weighted by molar-refractivity contribution is 7.91. The van der Waals surface area contributed by atoms with E-state index in [1.54, 1.807) is 23.9 Å². The number of sulfone groups is 1. The van der Waals surface area contributed by atoms with Gasteiger partial charge in [0.15, 0.2) is 9.84 Å². The Morgan fingerprint density at radius 2 is 2.04 bits per heavy atom. The average molecular weight is 392 g/mol. The summed E-state index contributed by atoms with van der Waals surface area (Å²) in [7, 11) is -1.48. The lowest BCUT2D eigenvalue weighted by Gasteiger charge is -2.23. The van der Waals surface area contributed by atoms with Gasteiger partial charge in [0.2, 0.25) is 0 Å². The summed E-state index contributed by atoms with van der Waals surface area (Å²) < 4.78 is 25.0. The Morgan fingerprint density at radius 1 is 1.37 bits per heavy atom. The second kappa shape index (κ2) is 7.10. The van der Waals surface area contributed by atoms with Gasteiger partial charge in [-0.05, 0) is 25.0 Å². The van der Waals surface area contributed by atoms with E-state index in [0.29, 0.717) is 29.8 Å². The Balaban J connectivity index is 1.89. The lowest BCUT2D eigenvalue weighted by Crippen LogP contribution is -2.38. The highest BCUT2D eigenvalue weighted by Gasteiger charge is 2.34. The molecule has 0 unspecified atom stereocenters. The van der Waals surface area contributed by atoms with Crippen molar-refractivity contribution < 1.29 is 18.1 Å². The molecule has 0 spiro atoms. The van der Waals surface area contributed by atoms with Crippen molar-refractivity contribution in [1.29, 1.82) is 0 Å². The number of hydrogen-bond acceptors (Lipinski definition) is 6. The van der Waals surface area contributed by atoms with Crippen LogP contribution in [0.25, 0.3) is 5.69 Å². The molecule has 10 heteroatoms. The predicted molar refractivity (Wildman–Crippen MR) is 98.7 cm³/mol. The number of nitro benzene ring substituents is 1. The van der Waals surface area contributed by atoms with Crippen molar-refractivity contribution >= 4 is 21.4 Å². The van der Waals surface area contributed by atoms with Crippen LogP contribution in [0.1, 0.15) is 29.4 Å². The first-order chi connectivity index (χ1) is 12.7. The predicted octanol–water partition coefficient (Wildman–Crippen LogP) is 1.60. The van der Waals surface area contributed by atoms with Gasteiger partial charge in [-0.15, -0.1) is 0 Å². The fourth-order valence-corrected chi connectivity index (χ4v) is 5.04. The van der Waals surface area contributed by atoms with Crippen LogP contribution in [-0.4, -0.2) is 58.5 Å². The molecule has 0 radical (unpaired) electrons. The molecule has 0 bridgehead atoms. The molecule has 0 aliphatic carbocycles. The van der Waals surface area contributed by atoms with Crippen LogP contribution in [0.4, 0.5) is 5.69 Å². The summed E-state index contributed by atoms with van der Waals surface area (Å²) in [6.45, 7) is 1.88. The molecule has 1 amide bonds. The van der Waals surface area contributed by atoms with Gasteiger partial charge in [-0.25, -0.2) is 13.1 Å². The Labute approximate surface area is 156 Å². The van der Waals surface area contributed by atoms with E-state index in [2.05, 4.69) is 5.10 Å². The fourth-order valence-electron chi connectivity index (χ4n) is 3.27. The number of nitrogens with zero attached hydrogens (tertiary/aromatic N) is 4. The van der Waals surface area contributed by atoms with Gasteiger partial charge in [0, 0.05) is 25.2 Å². The number of benzene rings is 1. The third-order valence-corrected chi connectivity index (χ3v) is 6.57. The highest BCUT2D eigenvalue weighted by Crippen LogP contribution is 2.23. The monoisotopic (exact) mass is 392 g/mol. The summed E-state index contributed by atoms with van der Waals surface area (Å²) in [6, 6.07) is 5.58. The van der Waals surface area contributed by atoms with Crippen LogP contribution in [-0.2, 0) is 16.3 Å². The minimum Gasteiger partial charge on any atom is -0.338 e. The van der Waals surface area contributed by atoms with Crippen molar-refractivity contribution in [1.82, 2.24) is 14.7 Å². The van der Waals surface area contributed by atoms with E-state index < -0.39 is 14.8 Å². The number of amides is 1. The van der Waals surface area contributed by atoms with Crippen molar-refractivity contribution in [2.45, 2.75) is 25.8 Å². The normalized spacial score (nSPS) is 18.4. The molecule has 9 nitrogen and oxygen atoms in total. The molecule has 2 aromatic rings. The Bertz CT molecular complexity index is 981. The number of non-ortho nitro benzene ring substituents is 1. The van der Waals surface area contributed by atoms with Crippen LogP contribution >= 0.6 is 0 Å². The van der Waals surface area contributed by atoms with Crippen molar-refractivity contribution in [3.05, 3.63) is 51.8 Å². The van der Waals surface area contributed by atoms with Crippen molar-refractivity contribution in [3.63, 3.8) is 0 Å². The number of rotatable bonds is 5. The first kappa shape index (κ1) is 19.0. The quantitative estimate of drug-likeness (QED) is 0.564. The maximum absolute atomic E-state index is 12.9. The largest absolute Gasteiger partial charge is 0.338 e. The SMILES string of the molecule is CCc1c(C(=O)N(C)[C@@H]2CCS(=O)(=O)C2)cnn1-c1ccc([N+](=O)[O-])cc1. The number of carbonyl (C=O) groups is 1. The smallest absolute Gasteiger partial charge is 0.269 e. The molecule has 1 aromatic carbocycles. The topological polar surface area (TPSA) is 115 Å². The second-order valence-corrected chi connectivity index (χ2v) is 8.75. The molecule has 0 N–H and O–H groups in total. The summed E-state index contributed by atoms with van der Waals surface area (Å²) in [5.41, 5.74) is 1.66. The van der Waals surface area contributed by atoms with Gasteiger partial charge < -0.3 is 4.90 Å². The zero-order valence-corrected chi connectivity index (χ0v) is 15.8. The summed E-state index contributed by atoms with van der Waals surface area (Å²) in [5.74, 6) is -0.201. The second-order valence-electron chi connectivity index (χ2n) is 6.52. The van der Waals surface area contributed by atoms with Gasteiger partial charge in [0.05, 0.1) is 39.6 Å². The van der Waals surface area contributed by atoms with E-state index in [1.807, 2.05) is 6.92 Å². The van der Waals surface area contributed by atoms with Gasteiger partial charge in [0.25, 0.3) is 11.6 Å². The Kier molecular flexibility index (Phi) is 5.01. The average Bonchev–Trinajstić information content (AvgIpc) is 3.23. The number of aromatic nitrogens is 2. The summed E-state index contributed by atoms with van der Waals surface area (Å²) >= 11 is 0. The molecule has 3 rings (SSSR count). The molecule has 0 saturated carbocycles. The molecule has 1 aliphatic heterocycles.